The Bertz CT molecular complexity index is 123. The second-order valence-corrected chi connectivity index (χ2v) is 4.23. The minimum Gasteiger partial charge on any atom is -0.394 e. The Kier molecular flexibility index (Phi) is 17.9. The molecule has 0 saturated heterocycles. The van der Waals surface area contributed by atoms with Gasteiger partial charge in [0, 0.05) is 13.7 Å². The van der Waals surface area contributed by atoms with E-state index in [1.54, 1.807) is 21.0 Å². The highest BCUT2D eigenvalue weighted by atomic mass is 16.5. The smallest absolute Gasteiger partial charge is 0.0779 e. The van der Waals surface area contributed by atoms with Crippen molar-refractivity contribution in [2.24, 2.45) is 0 Å². The maximum atomic E-state index is 8.69. The van der Waals surface area contributed by atoms with Crippen LogP contribution in [0.1, 0.15) is 46.5 Å². The molecule has 0 radical (unpaired) electrons. The molecular weight excluding hydrogens is 220 g/mol. The Morgan fingerprint density at radius 2 is 1.76 bits per heavy atom. The standard InChI is InChI=1S/C7H16O.C6H14O3/c1-3-4-5-6-7-8-2;1-5(8)4-9-6(2)3-7/h3-7H2,1-2H3;5-8H,3-4H2,1-2H3. The summed E-state index contributed by atoms with van der Waals surface area (Å²) in [4.78, 5) is 0. The second-order valence-electron chi connectivity index (χ2n) is 4.23. The minimum atomic E-state index is -0.445. The van der Waals surface area contributed by atoms with Gasteiger partial charge in [0.15, 0.2) is 0 Å². The molecule has 0 saturated carbocycles. The van der Waals surface area contributed by atoms with Crippen molar-refractivity contribution >= 4 is 0 Å². The highest BCUT2D eigenvalue weighted by molar-refractivity contribution is 4.47. The highest BCUT2D eigenvalue weighted by Crippen LogP contribution is 1.97. The fraction of sp³-hybridized carbons (Fsp3) is 1.00. The van der Waals surface area contributed by atoms with Gasteiger partial charge in [-0.2, -0.15) is 0 Å². The molecule has 17 heavy (non-hydrogen) atoms. The fourth-order valence-corrected chi connectivity index (χ4v) is 1.03. The normalized spacial score (nSPS) is 13.8. The van der Waals surface area contributed by atoms with Crippen LogP contribution in [0.5, 0.6) is 0 Å². The third-order valence-electron chi connectivity index (χ3n) is 2.08. The lowest BCUT2D eigenvalue weighted by atomic mass is 10.2. The summed E-state index contributed by atoms with van der Waals surface area (Å²) >= 11 is 0. The molecule has 4 heteroatoms. The molecule has 106 valence electrons. The van der Waals surface area contributed by atoms with E-state index >= 15 is 0 Å². The number of hydrogen-bond acceptors (Lipinski definition) is 4. The van der Waals surface area contributed by atoms with E-state index in [9.17, 15) is 0 Å². The summed E-state index contributed by atoms with van der Waals surface area (Å²) in [6.07, 6.45) is 4.60. The first kappa shape index (κ1) is 19.2. The molecule has 2 N–H and O–H groups in total. The van der Waals surface area contributed by atoms with Crippen molar-refractivity contribution in [1.82, 2.24) is 0 Å². The van der Waals surface area contributed by atoms with Crippen LogP contribution in [0, 0.1) is 0 Å². The van der Waals surface area contributed by atoms with Crippen LogP contribution in [0.25, 0.3) is 0 Å². The average molecular weight is 250 g/mol. The number of methoxy groups -OCH3 is 1. The van der Waals surface area contributed by atoms with E-state index in [0.29, 0.717) is 6.61 Å². The molecule has 0 bridgehead atoms. The molecule has 0 aliphatic rings. The summed E-state index contributed by atoms with van der Waals surface area (Å²) in [5, 5.41) is 17.1. The highest BCUT2D eigenvalue weighted by Gasteiger charge is 2.00. The lowest BCUT2D eigenvalue weighted by Gasteiger charge is -2.10. The van der Waals surface area contributed by atoms with Crippen LogP contribution in [-0.2, 0) is 9.47 Å². The quantitative estimate of drug-likeness (QED) is 0.614. The Morgan fingerprint density at radius 1 is 1.12 bits per heavy atom. The molecule has 0 aliphatic heterocycles. The lowest BCUT2D eigenvalue weighted by Crippen LogP contribution is -2.19. The van der Waals surface area contributed by atoms with Crippen molar-refractivity contribution < 1.29 is 19.7 Å². The van der Waals surface area contributed by atoms with Gasteiger partial charge in [0.1, 0.15) is 0 Å². The monoisotopic (exact) mass is 250 g/mol. The van der Waals surface area contributed by atoms with E-state index in [0.717, 1.165) is 6.61 Å². The predicted octanol–water partition coefficient (Wildman–Crippen LogP) is 1.98. The topological polar surface area (TPSA) is 58.9 Å². The van der Waals surface area contributed by atoms with Gasteiger partial charge in [0.25, 0.3) is 0 Å². The zero-order valence-electron chi connectivity index (χ0n) is 11.8. The van der Waals surface area contributed by atoms with Crippen molar-refractivity contribution in [2.75, 3.05) is 26.9 Å². The van der Waals surface area contributed by atoms with Gasteiger partial charge >= 0.3 is 0 Å². The van der Waals surface area contributed by atoms with Crippen LogP contribution in [0.4, 0.5) is 0 Å². The Labute approximate surface area is 106 Å². The Hall–Kier alpha value is -0.160. The second kappa shape index (κ2) is 15.8. The van der Waals surface area contributed by atoms with Crippen LogP contribution < -0.4 is 0 Å². The summed E-state index contributed by atoms with van der Waals surface area (Å²) in [5.41, 5.74) is 0. The van der Waals surface area contributed by atoms with Gasteiger partial charge in [0.2, 0.25) is 0 Å². The number of ether oxygens (including phenoxy) is 2. The van der Waals surface area contributed by atoms with Gasteiger partial charge in [-0.15, -0.1) is 0 Å². The molecule has 4 nitrogen and oxygen atoms in total. The summed E-state index contributed by atoms with van der Waals surface area (Å²) < 4.78 is 9.84. The predicted molar refractivity (Wildman–Crippen MR) is 70.2 cm³/mol. The van der Waals surface area contributed by atoms with Crippen LogP contribution >= 0.6 is 0 Å². The van der Waals surface area contributed by atoms with Crippen LogP contribution in [-0.4, -0.2) is 49.4 Å². The molecule has 0 amide bonds. The third-order valence-corrected chi connectivity index (χ3v) is 2.08. The fourth-order valence-electron chi connectivity index (χ4n) is 1.03. The first-order valence-electron chi connectivity index (χ1n) is 6.47. The SMILES string of the molecule is CC(O)COC(C)CO.CCCCCCOC. The van der Waals surface area contributed by atoms with E-state index in [2.05, 4.69) is 6.92 Å². The summed E-state index contributed by atoms with van der Waals surface area (Å²) in [5.74, 6) is 0. The van der Waals surface area contributed by atoms with Gasteiger partial charge in [-0.05, 0) is 20.3 Å². The maximum absolute atomic E-state index is 8.69. The lowest BCUT2D eigenvalue weighted by molar-refractivity contribution is -0.0177. The van der Waals surface area contributed by atoms with E-state index in [-0.39, 0.29) is 12.7 Å². The van der Waals surface area contributed by atoms with Gasteiger partial charge in [-0.25, -0.2) is 0 Å². The largest absolute Gasteiger partial charge is 0.394 e. The van der Waals surface area contributed by atoms with Crippen molar-refractivity contribution in [3.63, 3.8) is 0 Å². The maximum Gasteiger partial charge on any atom is 0.0779 e. The molecule has 0 rings (SSSR count). The minimum absolute atomic E-state index is 0.00667. The molecular formula is C13H30O4. The number of unbranched alkanes of at least 4 members (excludes halogenated alkanes) is 3. The van der Waals surface area contributed by atoms with E-state index in [4.69, 9.17) is 19.7 Å². The number of aliphatic hydroxyl groups excluding tert-OH is 2. The first-order valence-corrected chi connectivity index (χ1v) is 6.47. The molecule has 2 atom stereocenters. The van der Waals surface area contributed by atoms with Crippen molar-refractivity contribution in [3.8, 4) is 0 Å². The van der Waals surface area contributed by atoms with Gasteiger partial charge in [0.05, 0.1) is 25.4 Å². The van der Waals surface area contributed by atoms with Gasteiger partial charge < -0.3 is 19.7 Å². The zero-order valence-corrected chi connectivity index (χ0v) is 11.8. The number of hydrogen-bond donors (Lipinski definition) is 2. The van der Waals surface area contributed by atoms with E-state index in [1.165, 1.54) is 25.7 Å². The molecule has 0 aromatic rings. The molecule has 0 spiro atoms. The molecule has 0 heterocycles. The van der Waals surface area contributed by atoms with Crippen molar-refractivity contribution in [1.29, 1.82) is 0 Å². The zero-order chi connectivity index (χ0) is 13.5. The average Bonchev–Trinajstić information content (AvgIpc) is 2.32. The molecule has 0 aromatic heterocycles. The molecule has 0 aromatic carbocycles. The van der Waals surface area contributed by atoms with Crippen molar-refractivity contribution in [3.05, 3.63) is 0 Å². The van der Waals surface area contributed by atoms with Crippen molar-refractivity contribution in [2.45, 2.75) is 58.7 Å². The van der Waals surface area contributed by atoms with Crippen LogP contribution in [0.2, 0.25) is 0 Å². The number of rotatable bonds is 9. The van der Waals surface area contributed by atoms with Crippen LogP contribution in [0.15, 0.2) is 0 Å². The van der Waals surface area contributed by atoms with Gasteiger partial charge in [-0.3, -0.25) is 0 Å². The van der Waals surface area contributed by atoms with Gasteiger partial charge in [-0.1, -0.05) is 26.2 Å². The third kappa shape index (κ3) is 21.6. The van der Waals surface area contributed by atoms with E-state index < -0.39 is 6.10 Å². The summed E-state index contributed by atoms with van der Waals surface area (Å²) in [6.45, 7) is 6.84. The summed E-state index contributed by atoms with van der Waals surface area (Å²) in [7, 11) is 1.76. The molecule has 0 fully saturated rings. The van der Waals surface area contributed by atoms with E-state index in [1.807, 2.05) is 0 Å². The molecule has 0 aliphatic carbocycles. The van der Waals surface area contributed by atoms with Crippen LogP contribution in [0.3, 0.4) is 0 Å². The summed E-state index contributed by atoms with van der Waals surface area (Å²) in [6, 6.07) is 0. The Morgan fingerprint density at radius 3 is 2.18 bits per heavy atom. The number of aliphatic hydroxyl groups is 2. The Balaban J connectivity index is 0. The first-order chi connectivity index (χ1) is 8.08. The molecule has 2 unspecified atom stereocenters.